The summed E-state index contributed by atoms with van der Waals surface area (Å²) in [6.07, 6.45) is 4.28. The molecule has 0 aliphatic rings. The van der Waals surface area contributed by atoms with Gasteiger partial charge in [-0.15, -0.1) is 9.62 Å². The summed E-state index contributed by atoms with van der Waals surface area (Å²) in [6, 6.07) is 3.61. The smallest absolute Gasteiger partial charge is 0.224 e. The highest BCUT2D eigenvalue weighted by Crippen LogP contribution is 2.48. The number of nitrogens with one attached hydrogen (secondary N) is 1. The van der Waals surface area contributed by atoms with Gasteiger partial charge in [-0.1, -0.05) is 11.7 Å². The third-order valence-corrected chi connectivity index (χ3v) is 4.64. The zero-order valence-corrected chi connectivity index (χ0v) is 11.9. The molecule has 0 radical (unpaired) electrons. The van der Waals surface area contributed by atoms with Crippen molar-refractivity contribution in [2.45, 2.75) is 12.8 Å². The Labute approximate surface area is 113 Å². The molecule has 2 N–H and O–H groups in total. The molecule has 18 heavy (non-hydrogen) atoms. The van der Waals surface area contributed by atoms with E-state index in [0.717, 1.165) is 5.56 Å². The van der Waals surface area contributed by atoms with E-state index >= 15 is 0 Å². The molecule has 0 saturated carbocycles. The number of carbonyl (C=O) groups is 1. The molecule has 1 unspecified atom stereocenters. The maximum Gasteiger partial charge on any atom is 0.224 e. The van der Waals surface area contributed by atoms with Crippen LogP contribution in [0.2, 0.25) is 0 Å². The van der Waals surface area contributed by atoms with Crippen LogP contribution < -0.4 is 5.32 Å². The van der Waals surface area contributed by atoms with E-state index in [1.807, 2.05) is 0 Å². The lowest BCUT2D eigenvalue weighted by atomic mass is 10.2. The fourth-order valence-corrected chi connectivity index (χ4v) is 2.39. The van der Waals surface area contributed by atoms with E-state index in [1.165, 1.54) is 7.11 Å². The molecule has 1 atom stereocenters. The van der Waals surface area contributed by atoms with Gasteiger partial charge in [0.1, 0.15) is 0 Å². The number of carbonyl (C=O) groups excluding carboxylic acids is 1. The normalized spacial score (nSPS) is 15.7. The highest BCUT2D eigenvalue weighted by molar-refractivity contribution is 8.83. The summed E-state index contributed by atoms with van der Waals surface area (Å²) in [4.78, 5) is 15.5. The lowest BCUT2D eigenvalue weighted by Gasteiger charge is -2.29. The highest BCUT2D eigenvalue weighted by atomic mass is 33.2. The summed E-state index contributed by atoms with van der Waals surface area (Å²) in [7, 11) is -0.820. The number of amides is 1. The van der Waals surface area contributed by atoms with Crippen LogP contribution >= 0.6 is 21.3 Å². The maximum atomic E-state index is 11.6. The second-order valence-electron chi connectivity index (χ2n) is 3.71. The number of nitrogens with zero attached hydrogens (tertiary/aromatic N) is 1. The van der Waals surface area contributed by atoms with E-state index in [1.54, 1.807) is 24.5 Å². The van der Waals surface area contributed by atoms with E-state index in [2.05, 4.69) is 22.0 Å². The molecule has 0 bridgehead atoms. The van der Waals surface area contributed by atoms with Crippen LogP contribution in [0.4, 0.5) is 0 Å². The van der Waals surface area contributed by atoms with Crippen LogP contribution in [0.3, 0.4) is 0 Å². The topological polar surface area (TPSA) is 71.5 Å². The molecule has 0 aromatic carbocycles. The summed E-state index contributed by atoms with van der Waals surface area (Å²) in [6.45, 7) is 0.503. The number of thiol groups is 1. The molecule has 0 fully saturated rings. The van der Waals surface area contributed by atoms with Crippen molar-refractivity contribution in [3.63, 3.8) is 0 Å². The maximum absolute atomic E-state index is 11.6. The first-order valence-corrected chi connectivity index (χ1v) is 8.24. The second-order valence-corrected chi connectivity index (χ2v) is 7.38. The van der Waals surface area contributed by atoms with Gasteiger partial charge in [0.2, 0.25) is 5.91 Å². The Morgan fingerprint density at radius 3 is 2.83 bits per heavy atom. The van der Waals surface area contributed by atoms with E-state index < -0.39 is 9.62 Å². The summed E-state index contributed by atoms with van der Waals surface area (Å²) in [5.74, 6) is 0.388. The van der Waals surface area contributed by atoms with Crippen molar-refractivity contribution in [3.8, 4) is 0 Å². The quantitative estimate of drug-likeness (QED) is 0.407. The highest BCUT2D eigenvalue weighted by Gasteiger charge is 2.09. The minimum Gasteiger partial charge on any atom is -0.356 e. The summed E-state index contributed by atoms with van der Waals surface area (Å²) >= 11 is 3.99. The van der Waals surface area contributed by atoms with Gasteiger partial charge in [-0.05, 0) is 24.1 Å². The van der Waals surface area contributed by atoms with Crippen LogP contribution in [0.5, 0.6) is 0 Å². The van der Waals surface area contributed by atoms with Crippen molar-refractivity contribution in [2.75, 3.05) is 19.4 Å². The summed E-state index contributed by atoms with van der Waals surface area (Å²) in [5.41, 5.74) is 0.927. The fourth-order valence-electron chi connectivity index (χ4n) is 1.32. The average Bonchev–Trinajstić information content (AvgIpc) is 2.36. The molecular weight excluding hydrogens is 272 g/mol. The third kappa shape index (κ3) is 6.25. The number of pyridine rings is 1. The Balaban J connectivity index is 2.18. The first-order chi connectivity index (χ1) is 8.53. The molecule has 1 aromatic rings. The van der Waals surface area contributed by atoms with Crippen LogP contribution in [0.25, 0.3) is 0 Å². The largest absolute Gasteiger partial charge is 0.356 e. The van der Waals surface area contributed by atoms with Crippen LogP contribution in [-0.2, 0) is 15.4 Å². The predicted molar refractivity (Wildman–Crippen MR) is 76.6 cm³/mol. The van der Waals surface area contributed by atoms with E-state index in [4.69, 9.17) is 4.18 Å². The van der Waals surface area contributed by atoms with E-state index in [-0.39, 0.29) is 5.91 Å². The molecule has 0 aliphatic carbocycles. The Bertz CT molecular complexity index is 374. The third-order valence-electron chi connectivity index (χ3n) is 2.29. The minimum absolute atomic E-state index is 0.0451. The zero-order chi connectivity index (χ0) is 13.4. The van der Waals surface area contributed by atoms with Gasteiger partial charge in [0.25, 0.3) is 0 Å². The summed E-state index contributed by atoms with van der Waals surface area (Å²) in [5, 5.41) is 2.78. The summed E-state index contributed by atoms with van der Waals surface area (Å²) < 4.78 is 14.4. The van der Waals surface area contributed by atoms with Crippen LogP contribution in [-0.4, -0.2) is 34.9 Å². The Kier molecular flexibility index (Phi) is 6.48. The molecular formula is C11H18N2O3S2. The van der Waals surface area contributed by atoms with Gasteiger partial charge in [-0.3, -0.25) is 18.5 Å². The van der Waals surface area contributed by atoms with E-state index in [9.17, 15) is 9.35 Å². The number of rotatable bonds is 7. The van der Waals surface area contributed by atoms with Crippen LogP contribution in [0, 0.1) is 0 Å². The van der Waals surface area contributed by atoms with Gasteiger partial charge < -0.3 is 5.32 Å². The monoisotopic (exact) mass is 290 g/mol. The molecule has 1 rings (SSSR count). The Morgan fingerprint density at radius 1 is 1.56 bits per heavy atom. The molecule has 0 aliphatic heterocycles. The van der Waals surface area contributed by atoms with Gasteiger partial charge in [0, 0.05) is 24.7 Å². The number of hydrogen-bond donors (Lipinski definition) is 3. The number of aromatic nitrogens is 1. The molecule has 5 nitrogen and oxygen atoms in total. The van der Waals surface area contributed by atoms with Gasteiger partial charge >= 0.3 is 0 Å². The van der Waals surface area contributed by atoms with Gasteiger partial charge in [0.05, 0.1) is 13.5 Å². The van der Waals surface area contributed by atoms with Crippen molar-refractivity contribution in [1.82, 2.24) is 10.3 Å². The fraction of sp³-hybridized carbons (Fsp3) is 0.455. The molecule has 0 saturated heterocycles. The first kappa shape index (κ1) is 15.3. The molecule has 1 heterocycles. The van der Waals surface area contributed by atoms with Crippen molar-refractivity contribution < 1.29 is 13.5 Å². The van der Waals surface area contributed by atoms with Gasteiger partial charge in [-0.25, -0.2) is 0 Å². The number of hydrogen-bond acceptors (Lipinski definition) is 5. The van der Waals surface area contributed by atoms with Crippen LogP contribution in [0.1, 0.15) is 12.0 Å². The Morgan fingerprint density at radius 2 is 2.22 bits per heavy atom. The minimum atomic E-state index is -2.24. The Hall–Kier alpha value is -0.760. The SMILES string of the molecule is COS(O)(S)CCCNC(=O)Cc1ccncc1. The van der Waals surface area contributed by atoms with Crippen molar-refractivity contribution in [3.05, 3.63) is 30.1 Å². The van der Waals surface area contributed by atoms with Crippen LogP contribution in [0.15, 0.2) is 24.5 Å². The first-order valence-electron chi connectivity index (χ1n) is 5.50. The van der Waals surface area contributed by atoms with E-state index in [0.29, 0.717) is 25.1 Å². The lowest BCUT2D eigenvalue weighted by molar-refractivity contribution is -0.120. The standard InChI is InChI=1S/C11H18N2O3S2/c1-16-18(15,17)8-2-5-13-11(14)9-10-3-6-12-7-4-10/h3-4,6-7,15,17H,2,5,8-9H2,1H3,(H,13,14). The van der Waals surface area contributed by atoms with Gasteiger partial charge in [-0.2, -0.15) is 0 Å². The molecule has 7 heteroatoms. The molecule has 1 aromatic heterocycles. The zero-order valence-electron chi connectivity index (χ0n) is 10.2. The average molecular weight is 290 g/mol. The second kappa shape index (κ2) is 7.63. The lowest BCUT2D eigenvalue weighted by Crippen LogP contribution is -2.26. The predicted octanol–water partition coefficient (Wildman–Crippen LogP) is 1.81. The van der Waals surface area contributed by atoms with Crippen molar-refractivity contribution in [2.24, 2.45) is 0 Å². The van der Waals surface area contributed by atoms with Gasteiger partial charge in [0.15, 0.2) is 0 Å². The van der Waals surface area contributed by atoms with Crippen molar-refractivity contribution in [1.29, 1.82) is 0 Å². The van der Waals surface area contributed by atoms with Crippen molar-refractivity contribution >= 4 is 27.2 Å². The molecule has 102 valence electrons. The molecule has 0 spiro atoms. The molecule has 1 amide bonds.